The van der Waals surface area contributed by atoms with Crippen LogP contribution in [-0.4, -0.2) is 11.0 Å². The van der Waals surface area contributed by atoms with Crippen LogP contribution >= 0.6 is 11.6 Å². The Morgan fingerprint density at radius 2 is 2.26 bits per heavy atom. The number of nitrogens with one attached hydrogen (secondary N) is 1. The Labute approximate surface area is 118 Å². The maximum atomic E-state index is 10.9. The van der Waals surface area contributed by atoms with Crippen LogP contribution in [0.4, 0.5) is 11.4 Å². The van der Waals surface area contributed by atoms with Crippen LogP contribution in [0.5, 0.6) is 0 Å². The average molecular weight is 283 g/mol. The van der Waals surface area contributed by atoms with E-state index in [0.717, 1.165) is 24.4 Å². The molecule has 1 fully saturated rings. The Balaban J connectivity index is 2.06. The largest absolute Gasteiger partial charge is 0.382 e. The highest BCUT2D eigenvalue weighted by Gasteiger charge is 2.21. The smallest absolute Gasteiger partial charge is 0.289 e. The molecule has 0 radical (unpaired) electrons. The zero-order valence-electron chi connectivity index (χ0n) is 11.1. The molecule has 5 heteroatoms. The van der Waals surface area contributed by atoms with Crippen molar-refractivity contribution in [2.75, 3.05) is 5.32 Å². The lowest BCUT2D eigenvalue weighted by Crippen LogP contribution is -2.27. The van der Waals surface area contributed by atoms with E-state index in [4.69, 9.17) is 11.6 Å². The van der Waals surface area contributed by atoms with Crippen molar-refractivity contribution in [1.82, 2.24) is 0 Å². The predicted molar refractivity (Wildman–Crippen MR) is 77.8 cm³/mol. The highest BCUT2D eigenvalue weighted by atomic mass is 35.5. The quantitative estimate of drug-likeness (QED) is 0.647. The topological polar surface area (TPSA) is 55.2 Å². The van der Waals surface area contributed by atoms with Gasteiger partial charge in [0.15, 0.2) is 0 Å². The van der Waals surface area contributed by atoms with Gasteiger partial charge in [0.2, 0.25) is 0 Å². The molecule has 4 nitrogen and oxygen atoms in total. The third kappa shape index (κ3) is 3.60. The lowest BCUT2D eigenvalue weighted by molar-refractivity contribution is -0.384. The minimum absolute atomic E-state index is 0.0329. The number of benzene rings is 1. The Kier molecular flexibility index (Phi) is 4.64. The van der Waals surface area contributed by atoms with Crippen molar-refractivity contribution in [1.29, 1.82) is 0 Å². The highest BCUT2D eigenvalue weighted by Crippen LogP contribution is 2.31. The highest BCUT2D eigenvalue weighted by molar-refractivity contribution is 6.32. The van der Waals surface area contributed by atoms with Crippen LogP contribution in [0.2, 0.25) is 5.02 Å². The van der Waals surface area contributed by atoms with Crippen molar-refractivity contribution in [2.24, 2.45) is 5.92 Å². The lowest BCUT2D eigenvalue weighted by Gasteiger charge is -2.29. The molecule has 1 N–H and O–H groups in total. The van der Waals surface area contributed by atoms with Gasteiger partial charge >= 0.3 is 0 Å². The zero-order valence-corrected chi connectivity index (χ0v) is 11.8. The van der Waals surface area contributed by atoms with Crippen LogP contribution in [-0.2, 0) is 0 Å². The van der Waals surface area contributed by atoms with Gasteiger partial charge in [0.25, 0.3) is 5.69 Å². The number of nitro benzene ring substituents is 1. The fourth-order valence-electron chi connectivity index (χ4n) is 2.77. The van der Waals surface area contributed by atoms with Crippen molar-refractivity contribution in [2.45, 2.75) is 45.1 Å². The van der Waals surface area contributed by atoms with Crippen LogP contribution in [0.3, 0.4) is 0 Å². The molecule has 0 aromatic heterocycles. The van der Waals surface area contributed by atoms with Crippen LogP contribution in [0.15, 0.2) is 18.2 Å². The van der Waals surface area contributed by atoms with E-state index >= 15 is 0 Å². The van der Waals surface area contributed by atoms with Gasteiger partial charge in [0, 0.05) is 17.8 Å². The van der Waals surface area contributed by atoms with Gasteiger partial charge < -0.3 is 5.32 Å². The molecule has 0 aliphatic heterocycles. The van der Waals surface area contributed by atoms with E-state index in [1.807, 2.05) is 6.07 Å². The minimum atomic E-state index is -0.441. The van der Waals surface area contributed by atoms with Gasteiger partial charge in [0.1, 0.15) is 5.02 Å². The van der Waals surface area contributed by atoms with Gasteiger partial charge in [-0.25, -0.2) is 0 Å². The first-order chi connectivity index (χ1) is 9.10. The van der Waals surface area contributed by atoms with Crippen LogP contribution in [0.1, 0.15) is 39.0 Å². The van der Waals surface area contributed by atoms with Crippen LogP contribution < -0.4 is 5.32 Å². The minimum Gasteiger partial charge on any atom is -0.382 e. The zero-order chi connectivity index (χ0) is 13.8. The van der Waals surface area contributed by atoms with Gasteiger partial charge in [-0.15, -0.1) is 0 Å². The Morgan fingerprint density at radius 1 is 1.47 bits per heavy atom. The molecule has 0 bridgehead atoms. The summed E-state index contributed by atoms with van der Waals surface area (Å²) in [6, 6.07) is 5.34. The van der Waals surface area contributed by atoms with E-state index < -0.39 is 4.92 Å². The number of hydrogen-bond acceptors (Lipinski definition) is 3. The molecule has 1 aliphatic carbocycles. The fourth-order valence-corrected chi connectivity index (χ4v) is 2.96. The summed E-state index contributed by atoms with van der Waals surface area (Å²) < 4.78 is 0. The molecule has 2 unspecified atom stereocenters. The second-order valence-corrected chi connectivity index (χ2v) is 5.61. The maximum absolute atomic E-state index is 10.9. The number of hydrogen-bond donors (Lipinski definition) is 1. The summed E-state index contributed by atoms with van der Waals surface area (Å²) in [6.45, 7) is 2.22. The summed E-state index contributed by atoms with van der Waals surface area (Å²) in [4.78, 5) is 10.4. The lowest BCUT2D eigenvalue weighted by atomic mass is 9.84. The molecule has 2 rings (SSSR count). The van der Waals surface area contributed by atoms with E-state index in [1.165, 1.54) is 25.3 Å². The SMILES string of the molecule is CCC1CCCC(Nc2ccc(Cl)c([N+](=O)[O-])c2)C1. The fraction of sp³-hybridized carbons (Fsp3) is 0.571. The van der Waals surface area contributed by atoms with Gasteiger partial charge in [0.05, 0.1) is 4.92 Å². The van der Waals surface area contributed by atoms with E-state index in [2.05, 4.69) is 12.2 Å². The first-order valence-corrected chi connectivity index (χ1v) is 7.18. The van der Waals surface area contributed by atoms with Gasteiger partial charge in [-0.2, -0.15) is 0 Å². The van der Waals surface area contributed by atoms with Crippen LogP contribution in [0, 0.1) is 16.0 Å². The van der Waals surface area contributed by atoms with Crippen molar-refractivity contribution < 1.29 is 4.92 Å². The number of rotatable bonds is 4. The standard InChI is InChI=1S/C14H19ClN2O2/c1-2-10-4-3-5-11(8-10)16-12-6-7-13(15)14(9-12)17(18)19/h6-7,9-11,16H,2-5,8H2,1H3. The van der Waals surface area contributed by atoms with Gasteiger partial charge in [-0.05, 0) is 30.9 Å². The molecule has 0 amide bonds. The first-order valence-electron chi connectivity index (χ1n) is 6.80. The molecular formula is C14H19ClN2O2. The molecule has 1 aromatic carbocycles. The predicted octanol–water partition coefficient (Wildman–Crippen LogP) is 4.63. The molecule has 2 atom stereocenters. The number of halogens is 1. The summed E-state index contributed by atoms with van der Waals surface area (Å²) in [7, 11) is 0. The average Bonchev–Trinajstić information content (AvgIpc) is 2.41. The number of nitrogens with zero attached hydrogens (tertiary/aromatic N) is 1. The Bertz CT molecular complexity index is 465. The molecule has 1 aliphatic rings. The molecule has 1 saturated carbocycles. The van der Waals surface area contributed by atoms with E-state index in [-0.39, 0.29) is 10.7 Å². The first kappa shape index (κ1) is 14.1. The second-order valence-electron chi connectivity index (χ2n) is 5.21. The molecule has 19 heavy (non-hydrogen) atoms. The van der Waals surface area contributed by atoms with Crippen LogP contribution in [0.25, 0.3) is 0 Å². The van der Waals surface area contributed by atoms with Gasteiger partial charge in [-0.1, -0.05) is 37.8 Å². The van der Waals surface area contributed by atoms with Crippen molar-refractivity contribution in [3.05, 3.63) is 33.3 Å². The van der Waals surface area contributed by atoms with E-state index in [9.17, 15) is 10.1 Å². The molecule has 0 heterocycles. The third-order valence-corrected chi connectivity index (χ3v) is 4.19. The molecular weight excluding hydrogens is 264 g/mol. The maximum Gasteiger partial charge on any atom is 0.289 e. The summed E-state index contributed by atoms with van der Waals surface area (Å²) in [5, 5.41) is 14.4. The monoisotopic (exact) mass is 282 g/mol. The van der Waals surface area contributed by atoms with Gasteiger partial charge in [-0.3, -0.25) is 10.1 Å². The van der Waals surface area contributed by atoms with E-state index in [1.54, 1.807) is 6.07 Å². The normalized spacial score (nSPS) is 23.1. The summed E-state index contributed by atoms with van der Waals surface area (Å²) in [5.74, 6) is 0.772. The number of anilines is 1. The van der Waals surface area contributed by atoms with Crippen molar-refractivity contribution in [3.63, 3.8) is 0 Å². The summed E-state index contributed by atoms with van der Waals surface area (Å²) in [5.41, 5.74) is 0.757. The third-order valence-electron chi connectivity index (χ3n) is 3.87. The Morgan fingerprint density at radius 3 is 2.95 bits per heavy atom. The molecule has 0 spiro atoms. The summed E-state index contributed by atoms with van der Waals surface area (Å²) in [6.07, 6.45) is 6.01. The van der Waals surface area contributed by atoms with E-state index in [0.29, 0.717) is 6.04 Å². The molecule has 0 saturated heterocycles. The van der Waals surface area contributed by atoms with Crippen molar-refractivity contribution in [3.8, 4) is 0 Å². The summed E-state index contributed by atoms with van der Waals surface area (Å²) >= 11 is 5.81. The molecule has 1 aromatic rings. The molecule has 104 valence electrons. The second kappa shape index (κ2) is 6.24. The van der Waals surface area contributed by atoms with Crippen molar-refractivity contribution >= 4 is 23.0 Å². The number of nitro groups is 1. The Hall–Kier alpha value is -1.29.